The van der Waals surface area contributed by atoms with Crippen LogP contribution in [0, 0.1) is 5.92 Å². The van der Waals surface area contributed by atoms with Crippen molar-refractivity contribution < 1.29 is 4.21 Å². The second kappa shape index (κ2) is 5.98. The molecular weight excluding hydrogens is 266 g/mol. The molecule has 110 valence electrons. The van der Waals surface area contributed by atoms with Gasteiger partial charge in [-0.2, -0.15) is 0 Å². The number of hydrogen-bond acceptors (Lipinski definition) is 2. The SMILES string of the molecule is CCC1CCC(N)C(S(=O)c2ccc3c(c2)CCC3)C1. The second-order valence-electron chi connectivity index (χ2n) is 6.37. The van der Waals surface area contributed by atoms with Gasteiger partial charge in [-0.25, -0.2) is 0 Å². The van der Waals surface area contributed by atoms with E-state index in [0.29, 0.717) is 5.92 Å². The minimum absolute atomic E-state index is 0.104. The summed E-state index contributed by atoms with van der Waals surface area (Å²) in [6.07, 6.45) is 8.02. The van der Waals surface area contributed by atoms with Crippen molar-refractivity contribution in [1.29, 1.82) is 0 Å². The molecule has 0 heterocycles. The van der Waals surface area contributed by atoms with Gasteiger partial charge in [0.15, 0.2) is 0 Å². The minimum atomic E-state index is -0.940. The molecule has 2 N–H and O–H groups in total. The first-order chi connectivity index (χ1) is 9.69. The van der Waals surface area contributed by atoms with Crippen molar-refractivity contribution in [2.24, 2.45) is 11.7 Å². The lowest BCUT2D eigenvalue weighted by molar-refractivity contribution is 0.324. The van der Waals surface area contributed by atoms with Crippen LogP contribution in [-0.2, 0) is 23.6 Å². The Morgan fingerprint density at radius 1 is 1.25 bits per heavy atom. The summed E-state index contributed by atoms with van der Waals surface area (Å²) in [7, 11) is -0.940. The van der Waals surface area contributed by atoms with Crippen LogP contribution in [0.2, 0.25) is 0 Å². The van der Waals surface area contributed by atoms with Gasteiger partial charge < -0.3 is 5.73 Å². The van der Waals surface area contributed by atoms with Crippen LogP contribution < -0.4 is 5.73 Å². The maximum Gasteiger partial charge on any atom is 0.0576 e. The van der Waals surface area contributed by atoms with Crippen molar-refractivity contribution in [3.05, 3.63) is 29.3 Å². The first kappa shape index (κ1) is 14.3. The van der Waals surface area contributed by atoms with E-state index in [1.165, 1.54) is 36.8 Å². The Bertz CT molecular complexity index is 514. The lowest BCUT2D eigenvalue weighted by atomic mass is 9.84. The average Bonchev–Trinajstić information content (AvgIpc) is 2.94. The number of rotatable bonds is 3. The Kier molecular flexibility index (Phi) is 4.27. The third kappa shape index (κ3) is 2.71. The molecule has 0 amide bonds. The fourth-order valence-corrected chi connectivity index (χ4v) is 5.41. The van der Waals surface area contributed by atoms with Crippen LogP contribution in [0.1, 0.15) is 50.2 Å². The fourth-order valence-electron chi connectivity index (χ4n) is 3.70. The highest BCUT2D eigenvalue weighted by molar-refractivity contribution is 7.85. The smallest absolute Gasteiger partial charge is 0.0576 e. The quantitative estimate of drug-likeness (QED) is 0.929. The van der Waals surface area contributed by atoms with Gasteiger partial charge in [-0.05, 0) is 67.7 Å². The van der Waals surface area contributed by atoms with E-state index in [2.05, 4.69) is 25.1 Å². The molecule has 1 aromatic carbocycles. The van der Waals surface area contributed by atoms with Crippen LogP contribution in [0.5, 0.6) is 0 Å². The number of fused-ring (bicyclic) bond motifs is 1. The Morgan fingerprint density at radius 2 is 2.05 bits per heavy atom. The van der Waals surface area contributed by atoms with E-state index in [-0.39, 0.29) is 11.3 Å². The molecule has 0 saturated heterocycles. The Hall–Kier alpha value is -0.670. The average molecular weight is 291 g/mol. The third-order valence-electron chi connectivity index (χ3n) is 5.11. The van der Waals surface area contributed by atoms with Crippen molar-refractivity contribution >= 4 is 10.8 Å². The van der Waals surface area contributed by atoms with Crippen molar-refractivity contribution in [2.45, 2.75) is 68.1 Å². The zero-order valence-corrected chi connectivity index (χ0v) is 13.1. The number of aryl methyl sites for hydroxylation is 2. The van der Waals surface area contributed by atoms with Gasteiger partial charge in [0.2, 0.25) is 0 Å². The Labute approximate surface area is 124 Å². The van der Waals surface area contributed by atoms with E-state index in [1.54, 1.807) is 0 Å². The van der Waals surface area contributed by atoms with Gasteiger partial charge >= 0.3 is 0 Å². The van der Waals surface area contributed by atoms with E-state index in [9.17, 15) is 4.21 Å². The van der Waals surface area contributed by atoms with Gasteiger partial charge in [0.05, 0.1) is 16.0 Å². The summed E-state index contributed by atoms with van der Waals surface area (Å²) in [5.41, 5.74) is 9.11. The summed E-state index contributed by atoms with van der Waals surface area (Å²) >= 11 is 0. The summed E-state index contributed by atoms with van der Waals surface area (Å²) in [6.45, 7) is 2.23. The van der Waals surface area contributed by atoms with Gasteiger partial charge in [0.1, 0.15) is 0 Å². The standard InChI is InChI=1S/C17H25NOS/c1-2-12-6-9-16(18)17(10-12)20(19)15-8-7-13-4-3-5-14(13)11-15/h7-8,11-12,16-17H,2-6,9-10,18H2,1H3. The summed E-state index contributed by atoms with van der Waals surface area (Å²) < 4.78 is 12.9. The topological polar surface area (TPSA) is 43.1 Å². The zero-order chi connectivity index (χ0) is 14.1. The van der Waals surface area contributed by atoms with Crippen LogP contribution >= 0.6 is 0 Å². The summed E-state index contributed by atoms with van der Waals surface area (Å²) in [6, 6.07) is 6.54. The molecular formula is C17H25NOS. The molecule has 1 fully saturated rings. The molecule has 3 rings (SSSR count). The summed E-state index contributed by atoms with van der Waals surface area (Å²) in [4.78, 5) is 1.00. The monoisotopic (exact) mass is 291 g/mol. The Morgan fingerprint density at radius 3 is 2.85 bits per heavy atom. The van der Waals surface area contributed by atoms with Gasteiger partial charge in [-0.1, -0.05) is 19.4 Å². The number of benzene rings is 1. The maximum atomic E-state index is 12.9. The second-order valence-corrected chi connectivity index (χ2v) is 8.04. The molecule has 4 unspecified atom stereocenters. The van der Waals surface area contributed by atoms with Crippen molar-refractivity contribution in [3.63, 3.8) is 0 Å². The van der Waals surface area contributed by atoms with Crippen molar-refractivity contribution in [2.75, 3.05) is 0 Å². The maximum absolute atomic E-state index is 12.9. The molecule has 20 heavy (non-hydrogen) atoms. The minimum Gasteiger partial charge on any atom is -0.327 e. The van der Waals surface area contributed by atoms with Crippen LogP contribution in [0.25, 0.3) is 0 Å². The van der Waals surface area contributed by atoms with E-state index >= 15 is 0 Å². The first-order valence-corrected chi connectivity index (χ1v) is 9.18. The highest BCUT2D eigenvalue weighted by Gasteiger charge is 2.32. The van der Waals surface area contributed by atoms with Gasteiger partial charge in [0.25, 0.3) is 0 Å². The molecule has 3 heteroatoms. The van der Waals surface area contributed by atoms with Crippen LogP contribution in [-0.4, -0.2) is 15.5 Å². The summed E-state index contributed by atoms with van der Waals surface area (Å²) in [5.74, 6) is 0.707. The highest BCUT2D eigenvalue weighted by Crippen LogP contribution is 2.32. The normalized spacial score (nSPS) is 31.0. The third-order valence-corrected chi connectivity index (χ3v) is 6.92. The molecule has 2 aliphatic carbocycles. The lowest BCUT2D eigenvalue weighted by Crippen LogP contribution is -2.42. The summed E-state index contributed by atoms with van der Waals surface area (Å²) in [5, 5.41) is 0.146. The Balaban J connectivity index is 1.80. The van der Waals surface area contributed by atoms with Crippen LogP contribution in [0.15, 0.2) is 23.1 Å². The highest BCUT2D eigenvalue weighted by atomic mass is 32.2. The molecule has 0 radical (unpaired) electrons. The van der Waals surface area contributed by atoms with E-state index in [1.807, 2.05) is 0 Å². The van der Waals surface area contributed by atoms with Crippen molar-refractivity contribution in [3.8, 4) is 0 Å². The van der Waals surface area contributed by atoms with Crippen LogP contribution in [0.4, 0.5) is 0 Å². The molecule has 2 aliphatic rings. The van der Waals surface area contributed by atoms with Gasteiger partial charge in [-0.3, -0.25) is 4.21 Å². The van der Waals surface area contributed by atoms with Crippen LogP contribution in [0.3, 0.4) is 0 Å². The predicted molar refractivity (Wildman–Crippen MR) is 84.3 cm³/mol. The molecule has 1 saturated carbocycles. The molecule has 0 aliphatic heterocycles. The molecule has 0 spiro atoms. The predicted octanol–water partition coefficient (Wildman–Crippen LogP) is 3.19. The van der Waals surface area contributed by atoms with Crippen molar-refractivity contribution in [1.82, 2.24) is 0 Å². The molecule has 1 aromatic rings. The van der Waals surface area contributed by atoms with Gasteiger partial charge in [0, 0.05) is 10.9 Å². The largest absolute Gasteiger partial charge is 0.327 e. The molecule has 2 nitrogen and oxygen atoms in total. The van der Waals surface area contributed by atoms with E-state index in [4.69, 9.17) is 5.73 Å². The number of nitrogens with two attached hydrogens (primary N) is 1. The lowest BCUT2D eigenvalue weighted by Gasteiger charge is -2.33. The van der Waals surface area contributed by atoms with E-state index in [0.717, 1.165) is 24.2 Å². The van der Waals surface area contributed by atoms with E-state index < -0.39 is 10.8 Å². The molecule has 4 atom stereocenters. The molecule has 0 bridgehead atoms. The van der Waals surface area contributed by atoms with Gasteiger partial charge in [-0.15, -0.1) is 0 Å². The molecule has 0 aromatic heterocycles. The first-order valence-electron chi connectivity index (χ1n) is 7.97. The number of hydrogen-bond donors (Lipinski definition) is 1. The zero-order valence-electron chi connectivity index (χ0n) is 12.3. The fraction of sp³-hybridized carbons (Fsp3) is 0.647.